The quantitative estimate of drug-likeness (QED) is 0.886. The molecule has 2 rings (SSSR count). The van der Waals surface area contributed by atoms with Crippen molar-refractivity contribution in [3.63, 3.8) is 0 Å². The van der Waals surface area contributed by atoms with Crippen LogP contribution >= 0.6 is 0 Å². The van der Waals surface area contributed by atoms with E-state index in [2.05, 4.69) is 18.3 Å². The Bertz CT molecular complexity index is 411. The van der Waals surface area contributed by atoms with Gasteiger partial charge in [-0.3, -0.25) is 0 Å². The van der Waals surface area contributed by atoms with E-state index >= 15 is 0 Å². The minimum atomic E-state index is 0.569. The second kappa shape index (κ2) is 6.80. The molecule has 1 N–H and O–H groups in total. The highest BCUT2D eigenvalue weighted by atomic mass is 16.5. The van der Waals surface area contributed by atoms with Crippen molar-refractivity contribution in [2.24, 2.45) is 0 Å². The van der Waals surface area contributed by atoms with Gasteiger partial charge in [0.15, 0.2) is 11.5 Å². The molecule has 0 aromatic heterocycles. The minimum absolute atomic E-state index is 0.569. The van der Waals surface area contributed by atoms with Gasteiger partial charge >= 0.3 is 0 Å². The second-order valence-electron chi connectivity index (χ2n) is 5.14. The maximum atomic E-state index is 5.60. The molecule has 19 heavy (non-hydrogen) atoms. The Kier molecular flexibility index (Phi) is 5.08. The van der Waals surface area contributed by atoms with Crippen molar-refractivity contribution >= 4 is 0 Å². The zero-order valence-corrected chi connectivity index (χ0v) is 12.3. The highest BCUT2D eigenvalue weighted by Gasteiger charge is 2.19. The molecule has 1 aliphatic rings. The van der Waals surface area contributed by atoms with Crippen LogP contribution < -0.4 is 14.8 Å². The van der Waals surface area contributed by atoms with Gasteiger partial charge in [-0.15, -0.1) is 0 Å². The van der Waals surface area contributed by atoms with E-state index in [1.807, 2.05) is 6.07 Å². The highest BCUT2D eigenvalue weighted by molar-refractivity contribution is 5.51. The van der Waals surface area contributed by atoms with E-state index in [1.165, 1.54) is 30.4 Å². The lowest BCUT2D eigenvalue weighted by atomic mass is 9.93. The van der Waals surface area contributed by atoms with Crippen LogP contribution in [0.15, 0.2) is 12.1 Å². The van der Waals surface area contributed by atoms with Crippen molar-refractivity contribution in [1.82, 2.24) is 5.32 Å². The Hall–Kier alpha value is -1.22. The molecule has 1 unspecified atom stereocenters. The van der Waals surface area contributed by atoms with E-state index in [0.717, 1.165) is 30.9 Å². The Morgan fingerprint density at radius 1 is 1.21 bits per heavy atom. The first-order valence-corrected chi connectivity index (χ1v) is 7.26. The fraction of sp³-hybridized carbons (Fsp3) is 0.625. The van der Waals surface area contributed by atoms with Gasteiger partial charge < -0.3 is 14.8 Å². The third-order valence-corrected chi connectivity index (χ3v) is 3.99. The van der Waals surface area contributed by atoms with Gasteiger partial charge in [-0.1, -0.05) is 19.4 Å². The molecule has 1 aromatic carbocycles. The Morgan fingerprint density at radius 2 is 2.05 bits per heavy atom. The predicted octanol–water partition coefficient (Wildman–Crippen LogP) is 2.95. The maximum Gasteiger partial charge on any atom is 0.164 e. The maximum absolute atomic E-state index is 5.60. The fourth-order valence-corrected chi connectivity index (χ4v) is 2.93. The average Bonchev–Trinajstić information content (AvgIpc) is 2.47. The SMILES string of the molecule is CCc1ccc(OC)c(OC)c1CC1CCCCN1. The molecule has 3 heteroatoms. The molecule has 0 radical (unpaired) electrons. The van der Waals surface area contributed by atoms with Crippen LogP contribution in [0.5, 0.6) is 11.5 Å². The number of methoxy groups -OCH3 is 2. The van der Waals surface area contributed by atoms with Crippen molar-refractivity contribution in [3.05, 3.63) is 23.3 Å². The number of piperidine rings is 1. The summed E-state index contributed by atoms with van der Waals surface area (Å²) in [4.78, 5) is 0. The van der Waals surface area contributed by atoms with Crippen LogP contribution in [0.3, 0.4) is 0 Å². The molecule has 0 aliphatic carbocycles. The summed E-state index contributed by atoms with van der Waals surface area (Å²) in [7, 11) is 3.43. The fourth-order valence-electron chi connectivity index (χ4n) is 2.93. The second-order valence-corrected chi connectivity index (χ2v) is 5.14. The molecule has 1 atom stereocenters. The largest absolute Gasteiger partial charge is 0.493 e. The summed E-state index contributed by atoms with van der Waals surface area (Å²) in [6, 6.07) is 4.75. The van der Waals surface area contributed by atoms with Crippen molar-refractivity contribution in [2.45, 2.75) is 45.1 Å². The van der Waals surface area contributed by atoms with Crippen LogP contribution in [0.2, 0.25) is 0 Å². The van der Waals surface area contributed by atoms with E-state index in [4.69, 9.17) is 9.47 Å². The van der Waals surface area contributed by atoms with Gasteiger partial charge in [-0.25, -0.2) is 0 Å². The lowest BCUT2D eigenvalue weighted by Crippen LogP contribution is -2.35. The van der Waals surface area contributed by atoms with Crippen LogP contribution in [0.25, 0.3) is 0 Å². The standard InChI is InChI=1S/C16H25NO2/c1-4-12-8-9-15(18-2)16(19-3)14(12)11-13-7-5-6-10-17-13/h8-9,13,17H,4-7,10-11H2,1-3H3. The van der Waals surface area contributed by atoms with Gasteiger partial charge in [0, 0.05) is 11.6 Å². The molecule has 106 valence electrons. The molecule has 1 aliphatic heterocycles. The lowest BCUT2D eigenvalue weighted by Gasteiger charge is -2.26. The summed E-state index contributed by atoms with van der Waals surface area (Å²) in [5.41, 5.74) is 2.67. The number of nitrogens with one attached hydrogen (secondary N) is 1. The summed E-state index contributed by atoms with van der Waals surface area (Å²) in [5.74, 6) is 1.75. The highest BCUT2D eigenvalue weighted by Crippen LogP contribution is 2.35. The summed E-state index contributed by atoms with van der Waals surface area (Å²) < 4.78 is 11.0. The van der Waals surface area contributed by atoms with E-state index < -0.39 is 0 Å². The van der Waals surface area contributed by atoms with E-state index in [1.54, 1.807) is 14.2 Å². The van der Waals surface area contributed by atoms with Crippen LogP contribution in [0.1, 0.15) is 37.3 Å². The molecule has 1 saturated heterocycles. The molecular weight excluding hydrogens is 238 g/mol. The van der Waals surface area contributed by atoms with Gasteiger partial charge in [0.05, 0.1) is 14.2 Å². The van der Waals surface area contributed by atoms with Gasteiger partial charge in [0.2, 0.25) is 0 Å². The third-order valence-electron chi connectivity index (χ3n) is 3.99. The van der Waals surface area contributed by atoms with Gasteiger partial charge in [0.25, 0.3) is 0 Å². The van der Waals surface area contributed by atoms with Gasteiger partial charge in [-0.2, -0.15) is 0 Å². The van der Waals surface area contributed by atoms with Crippen LogP contribution in [-0.4, -0.2) is 26.8 Å². The number of rotatable bonds is 5. The van der Waals surface area contributed by atoms with Gasteiger partial charge in [-0.05, 0) is 43.9 Å². The predicted molar refractivity (Wildman–Crippen MR) is 78.3 cm³/mol. The number of benzene rings is 1. The van der Waals surface area contributed by atoms with Crippen molar-refractivity contribution < 1.29 is 9.47 Å². The number of hydrogen-bond acceptors (Lipinski definition) is 3. The molecule has 1 aromatic rings. The normalized spacial score (nSPS) is 19.2. The number of hydrogen-bond donors (Lipinski definition) is 1. The summed E-state index contributed by atoms with van der Waals surface area (Å²) in [6.07, 6.45) is 5.94. The first-order chi connectivity index (χ1) is 9.30. The summed E-state index contributed by atoms with van der Waals surface area (Å²) >= 11 is 0. The smallest absolute Gasteiger partial charge is 0.164 e. The Morgan fingerprint density at radius 3 is 2.63 bits per heavy atom. The van der Waals surface area contributed by atoms with E-state index in [0.29, 0.717) is 6.04 Å². The monoisotopic (exact) mass is 263 g/mol. The number of ether oxygens (including phenoxy) is 2. The average molecular weight is 263 g/mol. The first kappa shape index (κ1) is 14.2. The van der Waals surface area contributed by atoms with Crippen molar-refractivity contribution in [2.75, 3.05) is 20.8 Å². The molecular formula is C16H25NO2. The summed E-state index contributed by atoms with van der Waals surface area (Å²) in [5, 5.41) is 3.61. The topological polar surface area (TPSA) is 30.5 Å². The molecule has 3 nitrogen and oxygen atoms in total. The van der Waals surface area contributed by atoms with Crippen molar-refractivity contribution in [1.29, 1.82) is 0 Å². The Balaban J connectivity index is 2.28. The van der Waals surface area contributed by atoms with Gasteiger partial charge in [0.1, 0.15) is 0 Å². The zero-order valence-electron chi connectivity index (χ0n) is 12.3. The van der Waals surface area contributed by atoms with Crippen LogP contribution in [-0.2, 0) is 12.8 Å². The van der Waals surface area contributed by atoms with Crippen LogP contribution in [0.4, 0.5) is 0 Å². The third kappa shape index (κ3) is 3.21. The van der Waals surface area contributed by atoms with Crippen LogP contribution in [0, 0.1) is 0 Å². The molecule has 0 spiro atoms. The molecule has 0 bridgehead atoms. The van der Waals surface area contributed by atoms with E-state index in [-0.39, 0.29) is 0 Å². The molecule has 0 amide bonds. The molecule has 1 heterocycles. The zero-order chi connectivity index (χ0) is 13.7. The minimum Gasteiger partial charge on any atom is -0.493 e. The number of aryl methyl sites for hydroxylation is 1. The molecule has 0 saturated carbocycles. The first-order valence-electron chi connectivity index (χ1n) is 7.26. The van der Waals surface area contributed by atoms with E-state index in [9.17, 15) is 0 Å². The van der Waals surface area contributed by atoms with Crippen molar-refractivity contribution in [3.8, 4) is 11.5 Å². The molecule has 1 fully saturated rings. The lowest BCUT2D eigenvalue weighted by molar-refractivity contribution is 0.344. The Labute approximate surface area is 116 Å². The summed E-state index contributed by atoms with van der Waals surface area (Å²) in [6.45, 7) is 3.33.